The van der Waals surface area contributed by atoms with Gasteiger partial charge in [0.1, 0.15) is 0 Å². The van der Waals surface area contributed by atoms with Gasteiger partial charge in [0, 0.05) is 32.3 Å². The van der Waals surface area contributed by atoms with Gasteiger partial charge in [0.2, 0.25) is 5.91 Å². The van der Waals surface area contributed by atoms with Crippen LogP contribution in [-0.2, 0) is 4.79 Å². The predicted molar refractivity (Wildman–Crippen MR) is 70.9 cm³/mol. The summed E-state index contributed by atoms with van der Waals surface area (Å²) in [5, 5.41) is 8.82. The summed E-state index contributed by atoms with van der Waals surface area (Å²) in [5.74, 6) is 0.0187. The van der Waals surface area contributed by atoms with Crippen LogP contribution >= 0.6 is 0 Å². The van der Waals surface area contributed by atoms with E-state index in [0.29, 0.717) is 13.0 Å². The summed E-state index contributed by atoms with van der Waals surface area (Å²) in [6.45, 7) is 3.10. The highest BCUT2D eigenvalue weighted by atomic mass is 16.2. The van der Waals surface area contributed by atoms with Crippen molar-refractivity contribution in [3.8, 4) is 6.07 Å². The van der Waals surface area contributed by atoms with Gasteiger partial charge in [-0.3, -0.25) is 4.79 Å². The van der Waals surface area contributed by atoms with Crippen molar-refractivity contribution in [2.75, 3.05) is 47.3 Å². The number of nitrogens with zero attached hydrogens (tertiary/aromatic N) is 4. The maximum Gasteiger partial charge on any atom is 0.246 e. The van der Waals surface area contributed by atoms with Crippen LogP contribution in [0.3, 0.4) is 0 Å². The molecule has 1 heterocycles. The molecule has 1 rings (SSSR count). The first-order valence-corrected chi connectivity index (χ1v) is 6.22. The predicted octanol–water partition coefficient (Wildman–Crippen LogP) is 0.160. The number of piperazine rings is 1. The molecule has 0 unspecified atom stereocenters. The van der Waals surface area contributed by atoms with Crippen molar-refractivity contribution in [2.45, 2.75) is 12.5 Å². The minimum absolute atomic E-state index is 0.0187. The highest BCUT2D eigenvalue weighted by Crippen LogP contribution is 2.12. The lowest BCUT2D eigenvalue weighted by molar-refractivity contribution is -0.130. The lowest BCUT2D eigenvalue weighted by atomic mass is 10.1. The van der Waals surface area contributed by atoms with E-state index in [0.717, 1.165) is 19.6 Å². The SMILES string of the molecule is CN(C)C/C=C/C(=O)N1CCN(C)C[C@H]1CC#N. The number of amides is 1. The van der Waals surface area contributed by atoms with E-state index in [9.17, 15) is 4.79 Å². The zero-order chi connectivity index (χ0) is 13.5. The van der Waals surface area contributed by atoms with Crippen LogP contribution in [0, 0.1) is 11.3 Å². The monoisotopic (exact) mass is 250 g/mol. The fraction of sp³-hybridized carbons (Fsp3) is 0.692. The molecule has 1 aliphatic heterocycles. The number of hydrogen-bond donors (Lipinski definition) is 0. The van der Waals surface area contributed by atoms with Crippen LogP contribution in [0.25, 0.3) is 0 Å². The molecular formula is C13H22N4O. The zero-order valence-corrected chi connectivity index (χ0v) is 11.5. The Hall–Kier alpha value is -1.38. The average Bonchev–Trinajstić information content (AvgIpc) is 2.29. The van der Waals surface area contributed by atoms with Crippen LogP contribution in [0.15, 0.2) is 12.2 Å². The van der Waals surface area contributed by atoms with Crippen LogP contribution in [-0.4, -0.2) is 74.0 Å². The molecule has 18 heavy (non-hydrogen) atoms. The summed E-state index contributed by atoms with van der Waals surface area (Å²) in [6.07, 6.45) is 3.89. The molecule has 0 aromatic heterocycles. The molecule has 0 aliphatic carbocycles. The first-order valence-electron chi connectivity index (χ1n) is 6.22. The van der Waals surface area contributed by atoms with Crippen molar-refractivity contribution in [3.05, 3.63) is 12.2 Å². The third kappa shape index (κ3) is 4.47. The molecule has 0 aromatic carbocycles. The molecule has 1 saturated heterocycles. The quantitative estimate of drug-likeness (QED) is 0.667. The van der Waals surface area contributed by atoms with Crippen molar-refractivity contribution in [2.24, 2.45) is 0 Å². The summed E-state index contributed by atoms with van der Waals surface area (Å²) < 4.78 is 0. The molecular weight excluding hydrogens is 228 g/mol. The standard InChI is InChI=1S/C13H22N4O/c1-15(2)8-4-5-13(18)17-10-9-16(3)11-12(17)6-7-14/h4-5,12H,6,8-11H2,1-3H3/b5-4+/t12-/m1/s1. The fourth-order valence-corrected chi connectivity index (χ4v) is 2.04. The van der Waals surface area contributed by atoms with Crippen LogP contribution in [0.5, 0.6) is 0 Å². The van der Waals surface area contributed by atoms with Gasteiger partial charge in [0.05, 0.1) is 18.5 Å². The Bertz CT molecular complexity index is 345. The van der Waals surface area contributed by atoms with Crippen molar-refractivity contribution in [1.82, 2.24) is 14.7 Å². The van der Waals surface area contributed by atoms with Crippen LogP contribution in [0.2, 0.25) is 0 Å². The van der Waals surface area contributed by atoms with Gasteiger partial charge in [0.25, 0.3) is 0 Å². The van der Waals surface area contributed by atoms with Crippen LogP contribution in [0.4, 0.5) is 0 Å². The Morgan fingerprint density at radius 1 is 1.50 bits per heavy atom. The summed E-state index contributed by atoms with van der Waals surface area (Å²) >= 11 is 0. The largest absolute Gasteiger partial charge is 0.333 e. The molecule has 0 saturated carbocycles. The normalized spacial score (nSPS) is 21.5. The number of rotatable bonds is 4. The van der Waals surface area contributed by atoms with Gasteiger partial charge in [-0.2, -0.15) is 5.26 Å². The van der Waals surface area contributed by atoms with Crippen LogP contribution < -0.4 is 0 Å². The summed E-state index contributed by atoms with van der Waals surface area (Å²) in [4.78, 5) is 18.0. The maximum atomic E-state index is 12.1. The zero-order valence-electron chi connectivity index (χ0n) is 11.5. The van der Waals surface area contributed by atoms with E-state index in [-0.39, 0.29) is 11.9 Å². The number of likely N-dealkylation sites (N-methyl/N-ethyl adjacent to an activating group) is 2. The van der Waals surface area contributed by atoms with E-state index in [1.807, 2.05) is 37.0 Å². The smallest absolute Gasteiger partial charge is 0.246 e. The minimum atomic E-state index is 0.0187. The molecule has 1 amide bonds. The second-order valence-electron chi connectivity index (χ2n) is 4.97. The van der Waals surface area contributed by atoms with E-state index in [4.69, 9.17) is 5.26 Å². The molecule has 100 valence electrons. The van der Waals surface area contributed by atoms with E-state index in [2.05, 4.69) is 11.0 Å². The second-order valence-corrected chi connectivity index (χ2v) is 4.97. The van der Waals surface area contributed by atoms with Crippen molar-refractivity contribution < 1.29 is 4.79 Å². The Morgan fingerprint density at radius 3 is 2.83 bits per heavy atom. The van der Waals surface area contributed by atoms with E-state index < -0.39 is 0 Å². The van der Waals surface area contributed by atoms with E-state index in [1.54, 1.807) is 6.08 Å². The lowest BCUT2D eigenvalue weighted by Gasteiger charge is -2.38. The van der Waals surface area contributed by atoms with E-state index in [1.165, 1.54) is 0 Å². The van der Waals surface area contributed by atoms with Crippen molar-refractivity contribution in [3.63, 3.8) is 0 Å². The second kappa shape index (κ2) is 7.14. The molecule has 1 aliphatic rings. The third-order valence-electron chi connectivity index (χ3n) is 3.03. The van der Waals surface area contributed by atoms with Gasteiger partial charge in [-0.15, -0.1) is 0 Å². The topological polar surface area (TPSA) is 50.6 Å². The molecule has 0 aromatic rings. The molecule has 0 radical (unpaired) electrons. The summed E-state index contributed by atoms with van der Waals surface area (Å²) in [6, 6.07) is 2.18. The highest BCUT2D eigenvalue weighted by molar-refractivity contribution is 5.88. The Labute approximate surface area is 109 Å². The molecule has 1 fully saturated rings. The number of nitriles is 1. The molecule has 0 N–H and O–H groups in total. The number of carbonyl (C=O) groups excluding carboxylic acids is 1. The van der Waals surface area contributed by atoms with Crippen molar-refractivity contribution >= 4 is 5.91 Å². The third-order valence-corrected chi connectivity index (χ3v) is 3.03. The Kier molecular flexibility index (Phi) is 5.83. The van der Waals surface area contributed by atoms with Crippen molar-refractivity contribution in [1.29, 1.82) is 5.26 Å². The average molecular weight is 250 g/mol. The molecule has 0 spiro atoms. The Morgan fingerprint density at radius 2 is 2.22 bits per heavy atom. The van der Waals surface area contributed by atoms with Gasteiger partial charge in [0.15, 0.2) is 0 Å². The fourth-order valence-electron chi connectivity index (χ4n) is 2.04. The maximum absolute atomic E-state index is 12.1. The highest BCUT2D eigenvalue weighted by Gasteiger charge is 2.27. The molecule has 0 bridgehead atoms. The number of hydrogen-bond acceptors (Lipinski definition) is 4. The lowest BCUT2D eigenvalue weighted by Crippen LogP contribution is -2.53. The Balaban J connectivity index is 2.59. The minimum Gasteiger partial charge on any atom is -0.333 e. The summed E-state index contributed by atoms with van der Waals surface area (Å²) in [7, 11) is 5.94. The van der Waals surface area contributed by atoms with Crippen LogP contribution in [0.1, 0.15) is 6.42 Å². The summed E-state index contributed by atoms with van der Waals surface area (Å²) in [5.41, 5.74) is 0. The first kappa shape index (κ1) is 14.7. The molecule has 5 heteroatoms. The van der Waals surface area contributed by atoms with Gasteiger partial charge in [-0.05, 0) is 21.1 Å². The number of carbonyl (C=O) groups is 1. The first-order chi connectivity index (χ1) is 8.54. The van der Waals surface area contributed by atoms with Gasteiger partial charge in [-0.25, -0.2) is 0 Å². The molecule has 5 nitrogen and oxygen atoms in total. The molecule has 1 atom stereocenters. The van der Waals surface area contributed by atoms with E-state index >= 15 is 0 Å². The van der Waals surface area contributed by atoms with Gasteiger partial charge >= 0.3 is 0 Å². The van der Waals surface area contributed by atoms with Gasteiger partial charge in [-0.1, -0.05) is 6.08 Å². The van der Waals surface area contributed by atoms with Gasteiger partial charge < -0.3 is 14.7 Å².